The number of aryl methyl sites for hydroxylation is 2. The maximum Gasteiger partial charge on any atom is 0.219 e. The fourth-order valence-corrected chi connectivity index (χ4v) is 2.99. The molecule has 1 aromatic heterocycles. The number of halogens is 1. The first-order chi connectivity index (χ1) is 12.2. The molecular weight excluding hydrogens is 311 g/mol. The van der Waals surface area contributed by atoms with Gasteiger partial charge < -0.3 is 0 Å². The van der Waals surface area contributed by atoms with Gasteiger partial charge in [0.2, 0.25) is 5.95 Å². The molecule has 2 aromatic rings. The first kappa shape index (κ1) is 19.6. The lowest BCUT2D eigenvalue weighted by Gasteiger charge is -2.06. The quantitative estimate of drug-likeness (QED) is 0.343. The lowest BCUT2D eigenvalue weighted by molar-refractivity contribution is 0.549. The summed E-state index contributed by atoms with van der Waals surface area (Å²) in [7, 11) is 0. The normalized spacial score (nSPS) is 11.0. The number of unbranched alkanes of at least 4 members (excludes halogenated alkanes) is 6. The van der Waals surface area contributed by atoms with Crippen molar-refractivity contribution in [1.82, 2.24) is 9.97 Å². The van der Waals surface area contributed by atoms with Gasteiger partial charge in [0, 0.05) is 17.3 Å². The van der Waals surface area contributed by atoms with Crippen LogP contribution in [-0.4, -0.2) is 9.97 Å². The molecule has 0 aliphatic carbocycles. The van der Waals surface area contributed by atoms with E-state index in [4.69, 9.17) is 0 Å². The molecule has 0 saturated carbocycles. The van der Waals surface area contributed by atoms with E-state index in [9.17, 15) is 4.39 Å². The molecule has 0 atom stereocenters. The van der Waals surface area contributed by atoms with Gasteiger partial charge in [-0.2, -0.15) is 9.37 Å². The van der Waals surface area contributed by atoms with Crippen molar-refractivity contribution in [3.63, 3.8) is 0 Å². The SMILES string of the molecule is CCCCCCCCc1cnc(-c2ccc(CCCC)cc2)nc1F. The summed E-state index contributed by atoms with van der Waals surface area (Å²) in [6.45, 7) is 4.41. The minimum Gasteiger partial charge on any atom is -0.236 e. The van der Waals surface area contributed by atoms with E-state index >= 15 is 0 Å². The van der Waals surface area contributed by atoms with E-state index in [1.165, 1.54) is 44.1 Å². The van der Waals surface area contributed by atoms with Gasteiger partial charge in [-0.15, -0.1) is 0 Å². The molecule has 0 spiro atoms. The lowest BCUT2D eigenvalue weighted by atomic mass is 10.1. The molecule has 0 unspecified atom stereocenters. The van der Waals surface area contributed by atoms with Crippen LogP contribution in [0.1, 0.15) is 76.3 Å². The Labute approximate surface area is 151 Å². The van der Waals surface area contributed by atoms with E-state index in [-0.39, 0.29) is 5.95 Å². The Morgan fingerprint density at radius 1 is 0.800 bits per heavy atom. The highest BCUT2D eigenvalue weighted by atomic mass is 19.1. The summed E-state index contributed by atoms with van der Waals surface area (Å²) in [5, 5.41) is 0. The third-order valence-electron chi connectivity index (χ3n) is 4.64. The van der Waals surface area contributed by atoms with Crippen molar-refractivity contribution in [2.75, 3.05) is 0 Å². The van der Waals surface area contributed by atoms with E-state index in [0.29, 0.717) is 11.4 Å². The molecule has 0 saturated heterocycles. The second kappa shape index (κ2) is 11.0. The van der Waals surface area contributed by atoms with Crippen LogP contribution in [0.3, 0.4) is 0 Å². The zero-order valence-electron chi connectivity index (χ0n) is 15.7. The predicted molar refractivity (Wildman–Crippen MR) is 103 cm³/mol. The number of rotatable bonds is 11. The second-order valence-electron chi connectivity index (χ2n) is 6.83. The fraction of sp³-hybridized carbons (Fsp3) is 0.545. The van der Waals surface area contributed by atoms with Crippen LogP contribution in [0, 0.1) is 5.95 Å². The van der Waals surface area contributed by atoms with Crippen LogP contribution in [-0.2, 0) is 12.8 Å². The first-order valence-electron chi connectivity index (χ1n) is 9.85. The van der Waals surface area contributed by atoms with Gasteiger partial charge in [-0.25, -0.2) is 4.98 Å². The van der Waals surface area contributed by atoms with Crippen LogP contribution in [0.4, 0.5) is 4.39 Å². The van der Waals surface area contributed by atoms with Gasteiger partial charge in [0.25, 0.3) is 0 Å². The second-order valence-corrected chi connectivity index (χ2v) is 6.83. The highest BCUT2D eigenvalue weighted by Crippen LogP contribution is 2.19. The molecule has 1 aromatic carbocycles. The van der Waals surface area contributed by atoms with Crippen molar-refractivity contribution in [1.29, 1.82) is 0 Å². The number of hydrogen-bond acceptors (Lipinski definition) is 2. The summed E-state index contributed by atoms with van der Waals surface area (Å²) in [6.07, 6.45) is 13.1. The van der Waals surface area contributed by atoms with Crippen LogP contribution in [0.5, 0.6) is 0 Å². The minimum atomic E-state index is -0.367. The monoisotopic (exact) mass is 342 g/mol. The van der Waals surface area contributed by atoms with Gasteiger partial charge in [0.15, 0.2) is 5.82 Å². The van der Waals surface area contributed by atoms with Crippen LogP contribution < -0.4 is 0 Å². The molecule has 0 aliphatic rings. The molecule has 0 fully saturated rings. The Bertz CT molecular complexity index is 622. The molecular formula is C22H31FN2. The van der Waals surface area contributed by atoms with Gasteiger partial charge in [0.1, 0.15) is 0 Å². The van der Waals surface area contributed by atoms with E-state index in [2.05, 4.69) is 35.9 Å². The van der Waals surface area contributed by atoms with E-state index in [0.717, 1.165) is 31.2 Å². The molecule has 3 heteroatoms. The van der Waals surface area contributed by atoms with Gasteiger partial charge >= 0.3 is 0 Å². The Kier molecular flexibility index (Phi) is 8.58. The maximum absolute atomic E-state index is 14.3. The van der Waals surface area contributed by atoms with Crippen molar-refractivity contribution in [3.05, 3.63) is 47.5 Å². The van der Waals surface area contributed by atoms with Crippen LogP contribution in [0.2, 0.25) is 0 Å². The van der Waals surface area contributed by atoms with Crippen LogP contribution >= 0.6 is 0 Å². The highest BCUT2D eigenvalue weighted by Gasteiger charge is 2.08. The van der Waals surface area contributed by atoms with Crippen molar-refractivity contribution in [2.24, 2.45) is 0 Å². The first-order valence-corrected chi connectivity index (χ1v) is 9.85. The molecule has 25 heavy (non-hydrogen) atoms. The van der Waals surface area contributed by atoms with E-state index in [1.807, 2.05) is 12.1 Å². The van der Waals surface area contributed by atoms with Gasteiger partial charge in [-0.1, -0.05) is 76.6 Å². The zero-order chi connectivity index (χ0) is 17.9. The summed E-state index contributed by atoms with van der Waals surface area (Å²) < 4.78 is 14.3. The van der Waals surface area contributed by atoms with Crippen LogP contribution in [0.15, 0.2) is 30.5 Å². The molecule has 2 nitrogen and oxygen atoms in total. The van der Waals surface area contributed by atoms with Crippen LogP contribution in [0.25, 0.3) is 11.4 Å². The number of aromatic nitrogens is 2. The zero-order valence-corrected chi connectivity index (χ0v) is 15.7. The van der Waals surface area contributed by atoms with Crippen molar-refractivity contribution < 1.29 is 4.39 Å². The smallest absolute Gasteiger partial charge is 0.219 e. The molecule has 0 bridgehead atoms. The van der Waals surface area contributed by atoms with E-state index in [1.54, 1.807) is 6.20 Å². The molecule has 0 N–H and O–H groups in total. The predicted octanol–water partition coefficient (Wildman–Crippen LogP) is 6.53. The Morgan fingerprint density at radius 3 is 2.16 bits per heavy atom. The highest BCUT2D eigenvalue weighted by molar-refractivity contribution is 5.55. The Hall–Kier alpha value is -1.77. The Morgan fingerprint density at radius 2 is 1.48 bits per heavy atom. The van der Waals surface area contributed by atoms with Gasteiger partial charge in [-0.3, -0.25) is 0 Å². The molecule has 136 valence electrons. The number of benzene rings is 1. The van der Waals surface area contributed by atoms with Crippen molar-refractivity contribution >= 4 is 0 Å². The number of nitrogens with zero attached hydrogens (tertiary/aromatic N) is 2. The Balaban J connectivity index is 1.90. The topological polar surface area (TPSA) is 25.8 Å². The third-order valence-corrected chi connectivity index (χ3v) is 4.64. The van der Waals surface area contributed by atoms with Crippen molar-refractivity contribution in [3.8, 4) is 11.4 Å². The molecule has 0 radical (unpaired) electrons. The maximum atomic E-state index is 14.3. The van der Waals surface area contributed by atoms with Gasteiger partial charge in [0.05, 0.1) is 0 Å². The summed E-state index contributed by atoms with van der Waals surface area (Å²) in [6, 6.07) is 8.17. The third kappa shape index (κ3) is 6.56. The summed E-state index contributed by atoms with van der Waals surface area (Å²) >= 11 is 0. The lowest BCUT2D eigenvalue weighted by Crippen LogP contribution is -1.99. The summed E-state index contributed by atoms with van der Waals surface area (Å²) in [5.41, 5.74) is 2.83. The average Bonchev–Trinajstić information content (AvgIpc) is 2.64. The van der Waals surface area contributed by atoms with E-state index < -0.39 is 0 Å². The molecule has 2 rings (SSSR count). The fourth-order valence-electron chi connectivity index (χ4n) is 2.99. The average molecular weight is 343 g/mol. The number of hydrogen-bond donors (Lipinski definition) is 0. The minimum absolute atomic E-state index is 0.367. The summed E-state index contributed by atoms with van der Waals surface area (Å²) in [4.78, 5) is 8.46. The molecule has 0 amide bonds. The standard InChI is InChI=1S/C22H31FN2/c1-3-5-7-8-9-10-12-20-17-24-22(25-21(20)23)19-15-13-18(14-16-19)11-6-4-2/h13-17H,3-12H2,1-2H3. The molecule has 0 aliphatic heterocycles. The largest absolute Gasteiger partial charge is 0.236 e. The van der Waals surface area contributed by atoms with Crippen molar-refractivity contribution in [2.45, 2.75) is 78.1 Å². The van der Waals surface area contributed by atoms with Gasteiger partial charge in [-0.05, 0) is 31.2 Å². The summed E-state index contributed by atoms with van der Waals surface area (Å²) in [5.74, 6) is 0.111. The molecule has 1 heterocycles.